The Labute approximate surface area is 124 Å². The molecule has 0 spiro atoms. The highest BCUT2D eigenvalue weighted by molar-refractivity contribution is 5.78. The first-order chi connectivity index (χ1) is 10.2. The van der Waals surface area contributed by atoms with Crippen LogP contribution in [0.1, 0.15) is 25.3 Å². The molecule has 2 aromatic rings. The Balaban J connectivity index is 1.90. The molecule has 1 atom stereocenters. The monoisotopic (exact) mass is 286 g/mol. The van der Waals surface area contributed by atoms with Gasteiger partial charge in [0.15, 0.2) is 0 Å². The molecule has 21 heavy (non-hydrogen) atoms. The average molecular weight is 286 g/mol. The van der Waals surface area contributed by atoms with Crippen molar-refractivity contribution in [3.63, 3.8) is 0 Å². The standard InChI is InChI=1S/C16H22N4O/c1-2-3-14(10-17)16(21)18-11-12-4-6-13(7-5-12)15-8-9-19-20-15/h4-9,14H,2-3,10-11,17H2,1H3,(H,18,21)(H,19,20). The molecule has 0 radical (unpaired) electrons. The number of aromatic amines is 1. The minimum Gasteiger partial charge on any atom is -0.352 e. The van der Waals surface area contributed by atoms with Gasteiger partial charge in [0, 0.05) is 19.3 Å². The number of carbonyl (C=O) groups excluding carboxylic acids is 1. The second-order valence-corrected chi connectivity index (χ2v) is 5.11. The third kappa shape index (κ3) is 4.16. The van der Waals surface area contributed by atoms with Gasteiger partial charge in [0.25, 0.3) is 0 Å². The normalized spacial score (nSPS) is 12.1. The lowest BCUT2D eigenvalue weighted by Crippen LogP contribution is -2.34. The van der Waals surface area contributed by atoms with Crippen molar-refractivity contribution in [1.29, 1.82) is 0 Å². The van der Waals surface area contributed by atoms with E-state index < -0.39 is 0 Å². The summed E-state index contributed by atoms with van der Waals surface area (Å²) in [6.45, 7) is 2.99. The van der Waals surface area contributed by atoms with Crippen LogP contribution in [0.4, 0.5) is 0 Å². The molecule has 1 amide bonds. The number of nitrogens with one attached hydrogen (secondary N) is 2. The molecule has 112 valence electrons. The van der Waals surface area contributed by atoms with Crippen molar-refractivity contribution in [3.05, 3.63) is 42.1 Å². The summed E-state index contributed by atoms with van der Waals surface area (Å²) in [5.41, 5.74) is 8.76. The van der Waals surface area contributed by atoms with Gasteiger partial charge in [-0.05, 0) is 23.6 Å². The molecule has 0 saturated carbocycles. The molecule has 0 saturated heterocycles. The largest absolute Gasteiger partial charge is 0.352 e. The summed E-state index contributed by atoms with van der Waals surface area (Å²) >= 11 is 0. The van der Waals surface area contributed by atoms with Crippen LogP contribution in [0, 0.1) is 5.92 Å². The van der Waals surface area contributed by atoms with Crippen molar-refractivity contribution < 1.29 is 4.79 Å². The topological polar surface area (TPSA) is 83.8 Å². The molecule has 1 aromatic heterocycles. The average Bonchev–Trinajstić information content (AvgIpc) is 3.05. The smallest absolute Gasteiger partial charge is 0.224 e. The zero-order chi connectivity index (χ0) is 15.1. The number of H-pyrrole nitrogens is 1. The Morgan fingerprint density at radius 3 is 2.67 bits per heavy atom. The lowest BCUT2D eigenvalue weighted by atomic mass is 10.0. The van der Waals surface area contributed by atoms with Gasteiger partial charge >= 0.3 is 0 Å². The molecule has 0 fully saturated rings. The number of rotatable bonds is 7. The Morgan fingerprint density at radius 1 is 1.33 bits per heavy atom. The Morgan fingerprint density at radius 2 is 2.10 bits per heavy atom. The second kappa shape index (κ2) is 7.59. The van der Waals surface area contributed by atoms with E-state index in [1.54, 1.807) is 6.20 Å². The fraction of sp³-hybridized carbons (Fsp3) is 0.375. The van der Waals surface area contributed by atoms with Crippen LogP contribution in [-0.2, 0) is 11.3 Å². The van der Waals surface area contributed by atoms with Crippen LogP contribution in [0.2, 0.25) is 0 Å². The number of nitrogens with two attached hydrogens (primary N) is 1. The maximum Gasteiger partial charge on any atom is 0.224 e. The van der Waals surface area contributed by atoms with Crippen molar-refractivity contribution in [2.45, 2.75) is 26.3 Å². The highest BCUT2D eigenvalue weighted by Crippen LogP contribution is 2.16. The molecular weight excluding hydrogens is 264 g/mol. The lowest BCUT2D eigenvalue weighted by Gasteiger charge is -2.14. The predicted molar refractivity (Wildman–Crippen MR) is 83.3 cm³/mol. The van der Waals surface area contributed by atoms with Gasteiger partial charge in [-0.3, -0.25) is 9.89 Å². The summed E-state index contributed by atoms with van der Waals surface area (Å²) in [5.74, 6) is -0.0451. The zero-order valence-electron chi connectivity index (χ0n) is 12.3. The van der Waals surface area contributed by atoms with Gasteiger partial charge in [-0.2, -0.15) is 5.10 Å². The van der Waals surface area contributed by atoms with E-state index >= 15 is 0 Å². The molecule has 0 bridgehead atoms. The minimum absolute atomic E-state index is 0.0389. The fourth-order valence-electron chi connectivity index (χ4n) is 2.26. The second-order valence-electron chi connectivity index (χ2n) is 5.11. The van der Waals surface area contributed by atoms with Gasteiger partial charge in [0.2, 0.25) is 5.91 Å². The number of aromatic nitrogens is 2. The molecule has 1 heterocycles. The van der Waals surface area contributed by atoms with E-state index in [9.17, 15) is 4.79 Å². The van der Waals surface area contributed by atoms with Crippen LogP contribution in [0.3, 0.4) is 0 Å². The van der Waals surface area contributed by atoms with Crippen LogP contribution >= 0.6 is 0 Å². The molecule has 1 aromatic carbocycles. The van der Waals surface area contributed by atoms with Crippen LogP contribution < -0.4 is 11.1 Å². The van der Waals surface area contributed by atoms with Gasteiger partial charge in [-0.15, -0.1) is 0 Å². The van der Waals surface area contributed by atoms with Gasteiger partial charge in [-0.25, -0.2) is 0 Å². The van der Waals surface area contributed by atoms with Crippen molar-refractivity contribution in [2.24, 2.45) is 11.7 Å². The fourth-order valence-corrected chi connectivity index (χ4v) is 2.26. The molecule has 5 nitrogen and oxygen atoms in total. The van der Waals surface area contributed by atoms with E-state index in [0.717, 1.165) is 29.7 Å². The Hall–Kier alpha value is -2.14. The molecular formula is C16H22N4O. The Kier molecular flexibility index (Phi) is 5.51. The molecule has 0 aliphatic heterocycles. The first-order valence-corrected chi connectivity index (χ1v) is 7.31. The van der Waals surface area contributed by atoms with Crippen LogP contribution in [0.15, 0.2) is 36.5 Å². The zero-order valence-corrected chi connectivity index (χ0v) is 12.3. The summed E-state index contributed by atoms with van der Waals surface area (Å²) in [5, 5.41) is 9.81. The summed E-state index contributed by atoms with van der Waals surface area (Å²) < 4.78 is 0. The highest BCUT2D eigenvalue weighted by Gasteiger charge is 2.14. The van der Waals surface area contributed by atoms with Crippen molar-refractivity contribution in [3.8, 4) is 11.3 Å². The Bertz CT molecular complexity index is 548. The summed E-state index contributed by atoms with van der Waals surface area (Å²) in [6.07, 6.45) is 3.53. The van der Waals surface area contributed by atoms with Crippen molar-refractivity contribution in [2.75, 3.05) is 6.54 Å². The van der Waals surface area contributed by atoms with Gasteiger partial charge in [0.1, 0.15) is 0 Å². The number of hydrogen-bond donors (Lipinski definition) is 3. The number of nitrogens with zero attached hydrogens (tertiary/aromatic N) is 1. The van der Waals surface area contributed by atoms with Gasteiger partial charge in [0.05, 0.1) is 11.6 Å². The number of amides is 1. The van der Waals surface area contributed by atoms with E-state index in [1.165, 1.54) is 0 Å². The van der Waals surface area contributed by atoms with E-state index in [1.807, 2.05) is 30.3 Å². The number of benzene rings is 1. The summed E-state index contributed by atoms with van der Waals surface area (Å²) in [7, 11) is 0. The maximum atomic E-state index is 12.0. The van der Waals surface area contributed by atoms with Crippen molar-refractivity contribution >= 4 is 5.91 Å². The third-order valence-electron chi connectivity index (χ3n) is 3.52. The SMILES string of the molecule is CCCC(CN)C(=O)NCc1ccc(-c2ccn[nH]2)cc1. The van der Waals surface area contributed by atoms with E-state index in [-0.39, 0.29) is 11.8 Å². The first kappa shape index (κ1) is 15.3. The summed E-state index contributed by atoms with van der Waals surface area (Å²) in [4.78, 5) is 12.0. The lowest BCUT2D eigenvalue weighted by molar-refractivity contribution is -0.125. The summed E-state index contributed by atoms with van der Waals surface area (Å²) in [6, 6.07) is 9.97. The quantitative estimate of drug-likeness (QED) is 0.728. The van der Waals surface area contributed by atoms with Crippen molar-refractivity contribution in [1.82, 2.24) is 15.5 Å². The first-order valence-electron chi connectivity index (χ1n) is 7.31. The molecule has 0 aliphatic rings. The van der Waals surface area contributed by atoms with E-state index in [0.29, 0.717) is 13.1 Å². The minimum atomic E-state index is -0.0840. The van der Waals surface area contributed by atoms with Gasteiger partial charge < -0.3 is 11.1 Å². The van der Waals surface area contributed by atoms with Crippen LogP contribution in [0.25, 0.3) is 11.3 Å². The van der Waals surface area contributed by atoms with Gasteiger partial charge in [-0.1, -0.05) is 37.6 Å². The predicted octanol–water partition coefficient (Wildman–Crippen LogP) is 2.07. The van der Waals surface area contributed by atoms with E-state index in [4.69, 9.17) is 5.73 Å². The molecule has 1 unspecified atom stereocenters. The maximum absolute atomic E-state index is 12.0. The molecule has 4 N–H and O–H groups in total. The molecule has 5 heteroatoms. The number of carbonyl (C=O) groups is 1. The number of hydrogen-bond acceptors (Lipinski definition) is 3. The molecule has 0 aliphatic carbocycles. The molecule has 2 rings (SSSR count). The van der Waals surface area contributed by atoms with E-state index in [2.05, 4.69) is 22.4 Å². The van der Waals surface area contributed by atoms with Crippen LogP contribution in [0.5, 0.6) is 0 Å². The highest BCUT2D eigenvalue weighted by atomic mass is 16.1. The third-order valence-corrected chi connectivity index (χ3v) is 3.52. The van der Waals surface area contributed by atoms with Crippen LogP contribution in [-0.4, -0.2) is 22.6 Å².